The number of aliphatic carboxylic acids is 1. The molecular weight excluding hydrogens is 216 g/mol. The minimum atomic E-state index is -0.940. The molecule has 0 bridgehead atoms. The van der Waals surface area contributed by atoms with E-state index in [1.54, 1.807) is 6.08 Å². The molecule has 0 amide bonds. The molecule has 1 aromatic rings. The minimum absolute atomic E-state index is 0.190. The van der Waals surface area contributed by atoms with Gasteiger partial charge in [0, 0.05) is 6.08 Å². The van der Waals surface area contributed by atoms with Crippen LogP contribution in [0.1, 0.15) is 31.4 Å². The molecule has 3 nitrogen and oxygen atoms in total. The predicted octanol–water partition coefficient (Wildman–Crippen LogP) is 3.27. The van der Waals surface area contributed by atoms with Gasteiger partial charge >= 0.3 is 5.97 Å². The number of ether oxygens (including phenoxy) is 1. The summed E-state index contributed by atoms with van der Waals surface area (Å²) in [5.74, 6) is -0.117. The monoisotopic (exact) mass is 234 g/mol. The van der Waals surface area contributed by atoms with Gasteiger partial charge in [0.1, 0.15) is 5.75 Å². The van der Waals surface area contributed by atoms with Gasteiger partial charge in [-0.1, -0.05) is 13.0 Å². The van der Waals surface area contributed by atoms with Crippen LogP contribution in [0.5, 0.6) is 5.75 Å². The molecule has 0 aliphatic heterocycles. The maximum Gasteiger partial charge on any atom is 0.328 e. The third-order valence-corrected chi connectivity index (χ3v) is 2.56. The molecule has 0 radical (unpaired) electrons. The van der Waals surface area contributed by atoms with Crippen molar-refractivity contribution in [3.8, 4) is 5.75 Å². The molecule has 1 atom stereocenters. The zero-order chi connectivity index (χ0) is 12.8. The van der Waals surface area contributed by atoms with Crippen LogP contribution in [0, 0.1) is 6.92 Å². The van der Waals surface area contributed by atoms with E-state index in [0.717, 1.165) is 29.4 Å². The summed E-state index contributed by atoms with van der Waals surface area (Å²) in [6.07, 6.45) is 3.87. The van der Waals surface area contributed by atoms with E-state index in [-0.39, 0.29) is 6.10 Å². The fraction of sp³-hybridized carbons (Fsp3) is 0.357. The molecule has 0 saturated carbocycles. The van der Waals surface area contributed by atoms with E-state index in [0.29, 0.717) is 0 Å². The Morgan fingerprint density at radius 3 is 2.76 bits per heavy atom. The number of carbonyl (C=O) groups is 1. The number of carboxylic acids is 1. The van der Waals surface area contributed by atoms with Gasteiger partial charge < -0.3 is 9.84 Å². The molecular formula is C14H18O3. The highest BCUT2D eigenvalue weighted by Gasteiger charge is 2.03. The second-order valence-corrected chi connectivity index (χ2v) is 4.03. The van der Waals surface area contributed by atoms with E-state index in [1.807, 2.05) is 32.0 Å². The lowest BCUT2D eigenvalue weighted by molar-refractivity contribution is -0.131. The number of carboxylic acid groups (broad SMARTS) is 1. The third kappa shape index (κ3) is 4.31. The highest BCUT2D eigenvalue weighted by molar-refractivity contribution is 5.85. The normalized spacial score (nSPS) is 12.6. The summed E-state index contributed by atoms with van der Waals surface area (Å²) < 4.78 is 5.68. The lowest BCUT2D eigenvalue weighted by Crippen LogP contribution is -2.09. The van der Waals surface area contributed by atoms with Crippen molar-refractivity contribution in [1.29, 1.82) is 0 Å². The Kier molecular flexibility index (Phi) is 4.76. The van der Waals surface area contributed by atoms with Crippen LogP contribution >= 0.6 is 0 Å². The van der Waals surface area contributed by atoms with Gasteiger partial charge in [-0.05, 0) is 49.6 Å². The zero-order valence-electron chi connectivity index (χ0n) is 10.4. The summed E-state index contributed by atoms with van der Waals surface area (Å²) in [6, 6.07) is 5.65. The molecule has 0 heterocycles. The topological polar surface area (TPSA) is 46.5 Å². The van der Waals surface area contributed by atoms with E-state index in [1.165, 1.54) is 0 Å². The van der Waals surface area contributed by atoms with Crippen LogP contribution in [0.25, 0.3) is 6.08 Å². The van der Waals surface area contributed by atoms with Crippen LogP contribution in [-0.2, 0) is 4.79 Å². The SMILES string of the molecule is CCC(C)Oc1ccc(C=CC(=O)O)c(C)c1. The summed E-state index contributed by atoms with van der Waals surface area (Å²) in [5, 5.41) is 8.56. The minimum Gasteiger partial charge on any atom is -0.491 e. The first-order chi connectivity index (χ1) is 8.02. The van der Waals surface area contributed by atoms with E-state index in [4.69, 9.17) is 9.84 Å². The largest absolute Gasteiger partial charge is 0.491 e. The van der Waals surface area contributed by atoms with Crippen molar-refractivity contribution in [2.24, 2.45) is 0 Å². The van der Waals surface area contributed by atoms with Crippen molar-refractivity contribution < 1.29 is 14.6 Å². The molecule has 0 fully saturated rings. The molecule has 0 aliphatic carbocycles. The molecule has 1 N–H and O–H groups in total. The first-order valence-corrected chi connectivity index (χ1v) is 5.71. The number of aryl methyl sites for hydroxylation is 1. The Labute approximate surface area is 102 Å². The lowest BCUT2D eigenvalue weighted by Gasteiger charge is -2.13. The molecule has 0 saturated heterocycles. The molecule has 17 heavy (non-hydrogen) atoms. The molecule has 1 aromatic carbocycles. The number of hydrogen-bond donors (Lipinski definition) is 1. The smallest absolute Gasteiger partial charge is 0.328 e. The van der Waals surface area contributed by atoms with Crippen molar-refractivity contribution in [1.82, 2.24) is 0 Å². The van der Waals surface area contributed by atoms with Crippen molar-refractivity contribution in [2.75, 3.05) is 0 Å². The fourth-order valence-electron chi connectivity index (χ4n) is 1.39. The zero-order valence-corrected chi connectivity index (χ0v) is 10.4. The van der Waals surface area contributed by atoms with Gasteiger partial charge in [-0.15, -0.1) is 0 Å². The van der Waals surface area contributed by atoms with Crippen molar-refractivity contribution in [2.45, 2.75) is 33.3 Å². The third-order valence-electron chi connectivity index (χ3n) is 2.56. The highest BCUT2D eigenvalue weighted by atomic mass is 16.5. The Morgan fingerprint density at radius 1 is 1.53 bits per heavy atom. The Morgan fingerprint density at radius 2 is 2.24 bits per heavy atom. The molecule has 92 valence electrons. The summed E-state index contributed by atoms with van der Waals surface area (Å²) in [5.41, 5.74) is 1.90. The van der Waals surface area contributed by atoms with Gasteiger partial charge in [-0.25, -0.2) is 4.79 Å². The van der Waals surface area contributed by atoms with Crippen molar-refractivity contribution in [3.05, 3.63) is 35.4 Å². The molecule has 0 spiro atoms. The second kappa shape index (κ2) is 6.09. The van der Waals surface area contributed by atoms with Gasteiger partial charge in [0.05, 0.1) is 6.10 Å². The maximum absolute atomic E-state index is 10.4. The summed E-state index contributed by atoms with van der Waals surface area (Å²) >= 11 is 0. The van der Waals surface area contributed by atoms with Crippen LogP contribution in [-0.4, -0.2) is 17.2 Å². The van der Waals surface area contributed by atoms with Crippen molar-refractivity contribution in [3.63, 3.8) is 0 Å². The van der Waals surface area contributed by atoms with E-state index in [2.05, 4.69) is 6.92 Å². The lowest BCUT2D eigenvalue weighted by atomic mass is 10.1. The Hall–Kier alpha value is -1.77. The molecule has 0 aliphatic rings. The number of rotatable bonds is 5. The first-order valence-electron chi connectivity index (χ1n) is 5.71. The van der Waals surface area contributed by atoms with Gasteiger partial charge in [-0.2, -0.15) is 0 Å². The van der Waals surface area contributed by atoms with Crippen LogP contribution in [0.3, 0.4) is 0 Å². The van der Waals surface area contributed by atoms with Crippen LogP contribution in [0.2, 0.25) is 0 Å². The van der Waals surface area contributed by atoms with Gasteiger partial charge in [0.25, 0.3) is 0 Å². The average Bonchev–Trinajstić information content (AvgIpc) is 2.27. The summed E-state index contributed by atoms with van der Waals surface area (Å²) in [4.78, 5) is 10.4. The molecule has 1 unspecified atom stereocenters. The van der Waals surface area contributed by atoms with Gasteiger partial charge in [0.15, 0.2) is 0 Å². The second-order valence-electron chi connectivity index (χ2n) is 4.03. The molecule has 1 rings (SSSR count). The van der Waals surface area contributed by atoms with E-state index < -0.39 is 5.97 Å². The fourth-order valence-corrected chi connectivity index (χ4v) is 1.39. The van der Waals surface area contributed by atoms with Crippen LogP contribution < -0.4 is 4.74 Å². The Bertz CT molecular complexity index is 421. The summed E-state index contributed by atoms with van der Waals surface area (Å²) in [6.45, 7) is 6.03. The first kappa shape index (κ1) is 13.3. The number of hydrogen-bond acceptors (Lipinski definition) is 2. The predicted molar refractivity (Wildman–Crippen MR) is 68.2 cm³/mol. The quantitative estimate of drug-likeness (QED) is 0.795. The maximum atomic E-state index is 10.4. The van der Waals surface area contributed by atoms with Crippen LogP contribution in [0.15, 0.2) is 24.3 Å². The van der Waals surface area contributed by atoms with E-state index in [9.17, 15) is 4.79 Å². The standard InChI is InChI=1S/C14H18O3/c1-4-11(3)17-13-7-5-12(10(2)9-13)6-8-14(15)16/h5-9,11H,4H2,1-3H3,(H,15,16). The van der Waals surface area contributed by atoms with Gasteiger partial charge in [0.2, 0.25) is 0 Å². The summed E-state index contributed by atoms with van der Waals surface area (Å²) in [7, 11) is 0. The van der Waals surface area contributed by atoms with Gasteiger partial charge in [-0.3, -0.25) is 0 Å². The average molecular weight is 234 g/mol. The van der Waals surface area contributed by atoms with Crippen LogP contribution in [0.4, 0.5) is 0 Å². The van der Waals surface area contributed by atoms with Crippen molar-refractivity contribution >= 4 is 12.0 Å². The highest BCUT2D eigenvalue weighted by Crippen LogP contribution is 2.20. The van der Waals surface area contributed by atoms with E-state index >= 15 is 0 Å². The molecule has 3 heteroatoms. The number of benzene rings is 1. The molecule has 0 aromatic heterocycles. The Balaban J connectivity index is 2.82.